The molecule has 2 amide bonds. The molecule has 6 nitrogen and oxygen atoms in total. The highest BCUT2D eigenvalue weighted by Gasteiger charge is 2.16. The van der Waals surface area contributed by atoms with Gasteiger partial charge in [-0.15, -0.1) is 0 Å². The fourth-order valence-electron chi connectivity index (χ4n) is 1.88. The summed E-state index contributed by atoms with van der Waals surface area (Å²) in [5.41, 5.74) is 7.21. The number of nitrogens with two attached hydrogens (primary N) is 1. The number of amides is 2. The van der Waals surface area contributed by atoms with Crippen LogP contribution in [0.4, 0.5) is 10.5 Å². The maximum absolute atomic E-state index is 11.6. The van der Waals surface area contributed by atoms with E-state index in [-0.39, 0.29) is 11.9 Å². The lowest BCUT2D eigenvalue weighted by atomic mass is 10.1. The number of carbonyl (C=O) groups excluding carboxylic acids is 2. The fourth-order valence-corrected chi connectivity index (χ4v) is 1.88. The highest BCUT2D eigenvalue weighted by Crippen LogP contribution is 2.12. The summed E-state index contributed by atoms with van der Waals surface area (Å²) >= 11 is 0. The Morgan fingerprint density at radius 1 is 1.32 bits per heavy atom. The molecule has 1 unspecified atom stereocenters. The smallest absolute Gasteiger partial charge is 0.407 e. The van der Waals surface area contributed by atoms with Gasteiger partial charge in [0.2, 0.25) is 5.91 Å². The van der Waals surface area contributed by atoms with Gasteiger partial charge in [-0.05, 0) is 44.9 Å². The SMILES string of the molecule is CC(=O)Nc1cccc(CC(N)CNC(=O)OC(C)(C)C)c1. The number of nitrogens with one attached hydrogen (secondary N) is 2. The molecular formula is C16H25N3O3. The van der Waals surface area contributed by atoms with E-state index in [1.807, 2.05) is 24.3 Å². The minimum Gasteiger partial charge on any atom is -0.444 e. The highest BCUT2D eigenvalue weighted by molar-refractivity contribution is 5.88. The maximum atomic E-state index is 11.6. The van der Waals surface area contributed by atoms with Crippen molar-refractivity contribution in [3.63, 3.8) is 0 Å². The third-order valence-corrected chi connectivity index (χ3v) is 2.65. The summed E-state index contributed by atoms with van der Waals surface area (Å²) in [4.78, 5) is 22.6. The largest absolute Gasteiger partial charge is 0.444 e. The van der Waals surface area contributed by atoms with Gasteiger partial charge in [-0.2, -0.15) is 0 Å². The number of carbonyl (C=O) groups is 2. The molecule has 0 radical (unpaired) electrons. The molecule has 1 aromatic carbocycles. The van der Waals surface area contributed by atoms with E-state index in [2.05, 4.69) is 10.6 Å². The van der Waals surface area contributed by atoms with Gasteiger partial charge in [-0.3, -0.25) is 4.79 Å². The summed E-state index contributed by atoms with van der Waals surface area (Å²) in [7, 11) is 0. The first-order chi connectivity index (χ1) is 10.2. The van der Waals surface area contributed by atoms with Crippen molar-refractivity contribution in [2.45, 2.75) is 45.8 Å². The minimum absolute atomic E-state index is 0.118. The normalized spacial score (nSPS) is 12.4. The molecule has 0 aliphatic rings. The van der Waals surface area contributed by atoms with Crippen LogP contribution in [0.25, 0.3) is 0 Å². The first kappa shape index (κ1) is 18.0. The van der Waals surface area contributed by atoms with Gasteiger partial charge in [0.1, 0.15) is 5.60 Å². The van der Waals surface area contributed by atoms with Crippen LogP contribution in [0.5, 0.6) is 0 Å². The Labute approximate surface area is 131 Å². The van der Waals surface area contributed by atoms with Crippen molar-refractivity contribution < 1.29 is 14.3 Å². The van der Waals surface area contributed by atoms with Crippen LogP contribution >= 0.6 is 0 Å². The Kier molecular flexibility index (Phi) is 6.37. The number of benzene rings is 1. The van der Waals surface area contributed by atoms with Gasteiger partial charge >= 0.3 is 6.09 Å². The molecule has 1 aromatic rings. The van der Waals surface area contributed by atoms with Crippen LogP contribution in [0.3, 0.4) is 0 Å². The molecule has 1 atom stereocenters. The van der Waals surface area contributed by atoms with Crippen molar-refractivity contribution in [1.82, 2.24) is 5.32 Å². The zero-order valence-corrected chi connectivity index (χ0v) is 13.6. The molecule has 122 valence electrons. The average Bonchev–Trinajstić information content (AvgIpc) is 2.34. The molecule has 0 bridgehead atoms. The lowest BCUT2D eigenvalue weighted by molar-refractivity contribution is -0.114. The van der Waals surface area contributed by atoms with Gasteiger partial charge in [0.05, 0.1) is 0 Å². The molecule has 1 rings (SSSR count). The second-order valence-electron chi connectivity index (χ2n) is 6.23. The van der Waals surface area contributed by atoms with E-state index in [0.29, 0.717) is 13.0 Å². The van der Waals surface area contributed by atoms with E-state index in [0.717, 1.165) is 11.3 Å². The van der Waals surface area contributed by atoms with E-state index >= 15 is 0 Å². The van der Waals surface area contributed by atoms with Gasteiger partial charge in [-0.25, -0.2) is 4.79 Å². The lowest BCUT2D eigenvalue weighted by Gasteiger charge is -2.21. The summed E-state index contributed by atoms with van der Waals surface area (Å²) in [5, 5.41) is 5.38. The molecule has 0 saturated carbocycles. The topological polar surface area (TPSA) is 93.5 Å². The van der Waals surface area contributed by atoms with Gasteiger partial charge < -0.3 is 21.1 Å². The molecule has 0 aromatic heterocycles. The first-order valence-corrected chi connectivity index (χ1v) is 7.24. The molecule has 0 spiro atoms. The van der Waals surface area contributed by atoms with Gasteiger partial charge in [0.25, 0.3) is 0 Å². The summed E-state index contributed by atoms with van der Waals surface area (Å²) in [5.74, 6) is -0.118. The second kappa shape index (κ2) is 7.79. The average molecular weight is 307 g/mol. The number of ether oxygens (including phenoxy) is 1. The molecule has 4 N–H and O–H groups in total. The van der Waals surface area contributed by atoms with Crippen molar-refractivity contribution in [1.29, 1.82) is 0 Å². The van der Waals surface area contributed by atoms with E-state index in [4.69, 9.17) is 10.5 Å². The summed E-state index contributed by atoms with van der Waals surface area (Å²) < 4.78 is 5.15. The van der Waals surface area contributed by atoms with Crippen LogP contribution in [0, 0.1) is 0 Å². The Hall–Kier alpha value is -2.08. The summed E-state index contributed by atoms with van der Waals surface area (Å²) in [6.45, 7) is 7.20. The van der Waals surface area contributed by atoms with E-state index in [1.165, 1.54) is 6.92 Å². The predicted octanol–water partition coefficient (Wildman–Crippen LogP) is 2.04. The Bertz CT molecular complexity index is 524. The zero-order valence-electron chi connectivity index (χ0n) is 13.6. The van der Waals surface area contributed by atoms with Gasteiger partial charge in [0.15, 0.2) is 0 Å². The molecule has 0 aliphatic heterocycles. The van der Waals surface area contributed by atoms with Crippen molar-refractivity contribution in [2.75, 3.05) is 11.9 Å². The molecule has 0 heterocycles. The van der Waals surface area contributed by atoms with Crippen molar-refractivity contribution in [3.05, 3.63) is 29.8 Å². The van der Waals surface area contributed by atoms with Crippen LogP contribution < -0.4 is 16.4 Å². The maximum Gasteiger partial charge on any atom is 0.407 e. The summed E-state index contributed by atoms with van der Waals surface area (Å²) in [6.07, 6.45) is 0.110. The van der Waals surface area contributed by atoms with Crippen LogP contribution in [0.1, 0.15) is 33.3 Å². The Morgan fingerprint density at radius 3 is 2.59 bits per heavy atom. The van der Waals surface area contributed by atoms with Crippen molar-refractivity contribution in [3.8, 4) is 0 Å². The van der Waals surface area contributed by atoms with Crippen molar-refractivity contribution >= 4 is 17.7 Å². The van der Waals surface area contributed by atoms with Gasteiger partial charge in [-0.1, -0.05) is 12.1 Å². The third kappa shape index (κ3) is 7.64. The number of hydrogen-bond donors (Lipinski definition) is 3. The Balaban J connectivity index is 2.46. The highest BCUT2D eigenvalue weighted by atomic mass is 16.6. The van der Waals surface area contributed by atoms with Crippen LogP contribution in [-0.4, -0.2) is 30.2 Å². The van der Waals surface area contributed by atoms with Gasteiger partial charge in [0, 0.05) is 25.2 Å². The predicted molar refractivity (Wildman–Crippen MR) is 86.7 cm³/mol. The second-order valence-corrected chi connectivity index (χ2v) is 6.23. The third-order valence-electron chi connectivity index (χ3n) is 2.65. The quantitative estimate of drug-likeness (QED) is 0.776. The zero-order chi connectivity index (χ0) is 16.8. The standard InChI is InChI=1S/C16H25N3O3/c1-11(20)19-14-7-5-6-12(9-14)8-13(17)10-18-15(21)22-16(2,3)4/h5-7,9,13H,8,10,17H2,1-4H3,(H,18,21)(H,19,20). The number of anilines is 1. The van der Waals surface area contributed by atoms with E-state index in [9.17, 15) is 9.59 Å². The lowest BCUT2D eigenvalue weighted by Crippen LogP contribution is -2.41. The van der Waals surface area contributed by atoms with E-state index < -0.39 is 11.7 Å². The molecule has 0 saturated heterocycles. The number of alkyl carbamates (subject to hydrolysis) is 1. The molecule has 0 aliphatic carbocycles. The van der Waals surface area contributed by atoms with Crippen molar-refractivity contribution in [2.24, 2.45) is 5.73 Å². The number of hydrogen-bond acceptors (Lipinski definition) is 4. The molecule has 0 fully saturated rings. The first-order valence-electron chi connectivity index (χ1n) is 7.24. The fraction of sp³-hybridized carbons (Fsp3) is 0.500. The molecule has 22 heavy (non-hydrogen) atoms. The van der Waals surface area contributed by atoms with E-state index in [1.54, 1.807) is 20.8 Å². The summed E-state index contributed by atoms with van der Waals surface area (Å²) in [6, 6.07) is 7.23. The monoisotopic (exact) mass is 307 g/mol. The van der Waals surface area contributed by atoms with Crippen LogP contribution in [-0.2, 0) is 16.0 Å². The van der Waals surface area contributed by atoms with Crippen LogP contribution in [0.2, 0.25) is 0 Å². The molecule has 6 heteroatoms. The minimum atomic E-state index is -0.527. The Morgan fingerprint density at radius 2 is 2.00 bits per heavy atom. The van der Waals surface area contributed by atoms with Crippen LogP contribution in [0.15, 0.2) is 24.3 Å². The molecular weight excluding hydrogens is 282 g/mol. The number of rotatable bonds is 5.